The van der Waals surface area contributed by atoms with E-state index in [2.05, 4.69) is 19.2 Å². The van der Waals surface area contributed by atoms with E-state index in [1.807, 2.05) is 12.1 Å². The Bertz CT molecular complexity index is 482. The van der Waals surface area contributed by atoms with Gasteiger partial charge < -0.3 is 10.4 Å². The molecule has 1 rings (SSSR count). The minimum absolute atomic E-state index is 0.229. The van der Waals surface area contributed by atoms with E-state index < -0.39 is 6.61 Å². The molecule has 0 aliphatic rings. The Labute approximate surface area is 167 Å². The van der Waals surface area contributed by atoms with Gasteiger partial charge in [-0.2, -0.15) is 0 Å². The molecular formula is C24H41NO2. The van der Waals surface area contributed by atoms with Crippen molar-refractivity contribution in [2.45, 2.75) is 90.9 Å². The summed E-state index contributed by atoms with van der Waals surface area (Å²) in [5, 5.41) is 12.2. The molecular weight excluding hydrogens is 334 g/mol. The van der Waals surface area contributed by atoms with E-state index in [0.717, 1.165) is 18.2 Å². The van der Waals surface area contributed by atoms with Crippen molar-refractivity contribution in [3.8, 4) is 0 Å². The van der Waals surface area contributed by atoms with Gasteiger partial charge in [-0.15, -0.1) is 0 Å². The van der Waals surface area contributed by atoms with Crippen LogP contribution in [0.25, 0.3) is 0 Å². The van der Waals surface area contributed by atoms with Gasteiger partial charge in [0.2, 0.25) is 0 Å². The molecule has 0 saturated carbocycles. The van der Waals surface area contributed by atoms with Crippen molar-refractivity contribution < 1.29 is 9.90 Å². The van der Waals surface area contributed by atoms with Crippen molar-refractivity contribution in [2.24, 2.45) is 5.92 Å². The summed E-state index contributed by atoms with van der Waals surface area (Å²) in [6, 6.07) is 7.36. The van der Waals surface area contributed by atoms with Gasteiger partial charge in [0.05, 0.1) is 0 Å². The van der Waals surface area contributed by atoms with Gasteiger partial charge in [-0.1, -0.05) is 84.5 Å². The van der Waals surface area contributed by atoms with Crippen molar-refractivity contribution >= 4 is 11.5 Å². The monoisotopic (exact) mass is 375 g/mol. The van der Waals surface area contributed by atoms with Gasteiger partial charge in [0.1, 0.15) is 6.61 Å². The molecule has 0 heterocycles. The first kappa shape index (κ1) is 23.7. The van der Waals surface area contributed by atoms with E-state index in [9.17, 15) is 4.79 Å². The van der Waals surface area contributed by atoms with Crippen LogP contribution in [-0.2, 0) is 0 Å². The Morgan fingerprint density at radius 3 is 1.78 bits per heavy atom. The van der Waals surface area contributed by atoms with Crippen LogP contribution in [0.4, 0.5) is 5.69 Å². The van der Waals surface area contributed by atoms with Crippen molar-refractivity contribution in [2.75, 3.05) is 18.5 Å². The van der Waals surface area contributed by atoms with Crippen LogP contribution >= 0.6 is 0 Å². The fourth-order valence-electron chi connectivity index (χ4n) is 3.37. The molecule has 3 heteroatoms. The summed E-state index contributed by atoms with van der Waals surface area (Å²) in [6.07, 6.45) is 16.4. The molecule has 27 heavy (non-hydrogen) atoms. The number of unbranched alkanes of at least 4 members (excludes halogenated alkanes) is 10. The van der Waals surface area contributed by atoms with E-state index in [0.29, 0.717) is 5.56 Å². The van der Waals surface area contributed by atoms with Gasteiger partial charge in [0.15, 0.2) is 5.78 Å². The lowest BCUT2D eigenvalue weighted by Crippen LogP contribution is -2.05. The molecule has 1 aromatic rings. The second-order valence-corrected chi connectivity index (χ2v) is 8.16. The van der Waals surface area contributed by atoms with E-state index in [-0.39, 0.29) is 5.78 Å². The Hall–Kier alpha value is -1.35. The quantitative estimate of drug-likeness (QED) is 0.238. The highest BCUT2D eigenvalue weighted by Crippen LogP contribution is 2.14. The molecule has 2 N–H and O–H groups in total. The van der Waals surface area contributed by atoms with Crippen LogP contribution in [0.1, 0.15) is 101 Å². The zero-order valence-electron chi connectivity index (χ0n) is 17.6. The number of carbonyl (C=O) groups excluding carboxylic acids is 1. The molecule has 0 bridgehead atoms. The molecule has 0 aliphatic heterocycles. The molecule has 0 atom stereocenters. The summed E-state index contributed by atoms with van der Waals surface area (Å²) in [7, 11) is 0. The first-order valence-electron chi connectivity index (χ1n) is 11.1. The molecule has 154 valence electrons. The maximum atomic E-state index is 11.4. The highest BCUT2D eigenvalue weighted by atomic mass is 16.3. The number of nitrogens with one attached hydrogen (secondary N) is 1. The van der Waals surface area contributed by atoms with Crippen LogP contribution in [0.15, 0.2) is 24.3 Å². The predicted octanol–water partition coefficient (Wildman–Crippen LogP) is 6.61. The smallest absolute Gasteiger partial charge is 0.188 e. The number of ketones is 1. The van der Waals surface area contributed by atoms with Gasteiger partial charge in [-0.3, -0.25) is 4.79 Å². The van der Waals surface area contributed by atoms with Crippen LogP contribution in [0.5, 0.6) is 0 Å². The van der Waals surface area contributed by atoms with Crippen LogP contribution in [0.3, 0.4) is 0 Å². The summed E-state index contributed by atoms with van der Waals surface area (Å²) in [5.74, 6) is 0.635. The molecule has 0 radical (unpaired) electrons. The zero-order valence-corrected chi connectivity index (χ0v) is 17.6. The van der Waals surface area contributed by atoms with Gasteiger partial charge in [0, 0.05) is 17.8 Å². The number of hydrogen-bond donors (Lipinski definition) is 2. The van der Waals surface area contributed by atoms with Gasteiger partial charge in [-0.25, -0.2) is 0 Å². The maximum Gasteiger partial charge on any atom is 0.188 e. The number of anilines is 1. The minimum Gasteiger partial charge on any atom is -0.388 e. The second-order valence-electron chi connectivity index (χ2n) is 8.16. The van der Waals surface area contributed by atoms with Crippen LogP contribution in [0.2, 0.25) is 0 Å². The molecule has 0 saturated heterocycles. The van der Waals surface area contributed by atoms with Crippen molar-refractivity contribution in [3.05, 3.63) is 29.8 Å². The molecule has 0 aliphatic carbocycles. The lowest BCUT2D eigenvalue weighted by Gasteiger charge is -2.07. The number of benzene rings is 1. The van der Waals surface area contributed by atoms with Gasteiger partial charge in [-0.05, 0) is 36.6 Å². The fraction of sp³-hybridized carbons (Fsp3) is 0.708. The molecule has 1 aromatic carbocycles. The Kier molecular flexibility index (Phi) is 13.8. The number of aliphatic hydroxyl groups is 1. The summed E-state index contributed by atoms with van der Waals surface area (Å²) in [6.45, 7) is 5.18. The normalized spacial score (nSPS) is 11.1. The average Bonchev–Trinajstić information content (AvgIpc) is 2.67. The zero-order chi connectivity index (χ0) is 19.7. The largest absolute Gasteiger partial charge is 0.388 e. The number of Topliss-reactive ketones (excluding diaryl/α,β-unsaturated/α-hetero) is 1. The summed E-state index contributed by atoms with van der Waals surface area (Å²) < 4.78 is 0. The molecule has 0 unspecified atom stereocenters. The van der Waals surface area contributed by atoms with Crippen LogP contribution in [0, 0.1) is 5.92 Å². The number of hydrogen-bond acceptors (Lipinski definition) is 3. The lowest BCUT2D eigenvalue weighted by atomic mass is 10.0. The van der Waals surface area contributed by atoms with Crippen molar-refractivity contribution in [1.29, 1.82) is 0 Å². The van der Waals surface area contributed by atoms with Crippen LogP contribution in [-0.4, -0.2) is 24.0 Å². The standard InChI is InChI=1S/C24H41NO2/c1-21(2)14-12-10-8-6-4-3-5-7-9-11-13-19-25-23-17-15-22(16-18-23)24(27)20-26/h15-18,21,25-26H,3-14,19-20H2,1-2H3. The van der Waals surface area contributed by atoms with Gasteiger partial charge in [0.25, 0.3) is 0 Å². The fourth-order valence-corrected chi connectivity index (χ4v) is 3.37. The topological polar surface area (TPSA) is 49.3 Å². The third-order valence-electron chi connectivity index (χ3n) is 5.14. The van der Waals surface area contributed by atoms with E-state index in [1.165, 1.54) is 77.0 Å². The molecule has 0 amide bonds. The SMILES string of the molecule is CC(C)CCCCCCCCCCCCCNc1ccc(C(=O)CO)cc1. The minimum atomic E-state index is -0.426. The predicted molar refractivity (Wildman–Crippen MR) is 117 cm³/mol. The highest BCUT2D eigenvalue weighted by Gasteiger charge is 2.03. The molecule has 0 spiro atoms. The maximum absolute atomic E-state index is 11.4. The Morgan fingerprint density at radius 2 is 1.30 bits per heavy atom. The van der Waals surface area contributed by atoms with E-state index in [1.54, 1.807) is 12.1 Å². The number of carbonyl (C=O) groups is 1. The number of aliphatic hydroxyl groups excluding tert-OH is 1. The number of rotatable bonds is 17. The Balaban J connectivity index is 1.87. The highest BCUT2D eigenvalue weighted by molar-refractivity contribution is 5.97. The van der Waals surface area contributed by atoms with Gasteiger partial charge >= 0.3 is 0 Å². The lowest BCUT2D eigenvalue weighted by molar-refractivity contribution is 0.0904. The van der Waals surface area contributed by atoms with E-state index in [4.69, 9.17) is 5.11 Å². The van der Waals surface area contributed by atoms with Crippen molar-refractivity contribution in [3.63, 3.8) is 0 Å². The summed E-state index contributed by atoms with van der Waals surface area (Å²) in [5.41, 5.74) is 1.61. The first-order chi connectivity index (χ1) is 13.1. The van der Waals surface area contributed by atoms with Crippen molar-refractivity contribution in [1.82, 2.24) is 0 Å². The third-order valence-corrected chi connectivity index (χ3v) is 5.14. The summed E-state index contributed by atoms with van der Waals surface area (Å²) in [4.78, 5) is 11.4. The summed E-state index contributed by atoms with van der Waals surface area (Å²) >= 11 is 0. The average molecular weight is 376 g/mol. The third kappa shape index (κ3) is 12.6. The first-order valence-corrected chi connectivity index (χ1v) is 11.1. The second kappa shape index (κ2) is 15.7. The molecule has 0 aromatic heterocycles. The Morgan fingerprint density at radius 1 is 0.815 bits per heavy atom. The molecule has 3 nitrogen and oxygen atoms in total. The van der Waals surface area contributed by atoms with Crippen LogP contribution < -0.4 is 5.32 Å². The molecule has 0 fully saturated rings. The van der Waals surface area contributed by atoms with E-state index >= 15 is 0 Å².